The molecule has 136 valence electrons. The van der Waals surface area contributed by atoms with E-state index in [1.807, 2.05) is 6.07 Å². The number of methoxy groups -OCH3 is 1. The summed E-state index contributed by atoms with van der Waals surface area (Å²) in [6.07, 6.45) is 3.42. The van der Waals surface area contributed by atoms with Gasteiger partial charge < -0.3 is 15.0 Å². The van der Waals surface area contributed by atoms with E-state index in [-0.39, 0.29) is 30.7 Å². The van der Waals surface area contributed by atoms with Crippen LogP contribution in [0.5, 0.6) is 0 Å². The molecule has 0 aliphatic heterocycles. The molecule has 1 aromatic heterocycles. The number of esters is 1. The maximum absolute atomic E-state index is 12.9. The van der Waals surface area contributed by atoms with Gasteiger partial charge in [0.1, 0.15) is 0 Å². The molecule has 1 N–H and O–H groups in total. The van der Waals surface area contributed by atoms with Crippen molar-refractivity contribution in [3.05, 3.63) is 59.9 Å². The average molecular weight is 355 g/mol. The standard InChI is InChI=1S/C19H21N3O4/c1-14(23)21-17-7-3-6-16(11-17)19(25)22(10-8-18(24)26-2)13-15-5-4-9-20-12-15/h3-7,9,11-12H,8,10,13H2,1-2H3,(H,21,23). The monoisotopic (exact) mass is 355 g/mol. The number of amides is 2. The molecule has 7 nitrogen and oxygen atoms in total. The summed E-state index contributed by atoms with van der Waals surface area (Å²) >= 11 is 0. The molecule has 0 radical (unpaired) electrons. The molecule has 0 unspecified atom stereocenters. The minimum Gasteiger partial charge on any atom is -0.469 e. The van der Waals surface area contributed by atoms with Crippen LogP contribution in [0, 0.1) is 0 Å². The number of nitrogens with zero attached hydrogens (tertiary/aromatic N) is 2. The lowest BCUT2D eigenvalue weighted by Crippen LogP contribution is -2.33. The van der Waals surface area contributed by atoms with E-state index in [2.05, 4.69) is 15.0 Å². The first-order chi connectivity index (χ1) is 12.5. The number of pyridine rings is 1. The number of hydrogen-bond acceptors (Lipinski definition) is 5. The van der Waals surface area contributed by atoms with Crippen molar-refractivity contribution in [1.29, 1.82) is 0 Å². The molecule has 2 aromatic rings. The van der Waals surface area contributed by atoms with E-state index in [0.29, 0.717) is 17.8 Å². The molecule has 0 atom stereocenters. The Morgan fingerprint density at radius 2 is 2.00 bits per heavy atom. The third-order valence-electron chi connectivity index (χ3n) is 3.63. The van der Waals surface area contributed by atoms with Crippen molar-refractivity contribution in [2.75, 3.05) is 19.0 Å². The predicted molar refractivity (Wildman–Crippen MR) is 96.4 cm³/mol. The summed E-state index contributed by atoms with van der Waals surface area (Å²) in [7, 11) is 1.31. The lowest BCUT2D eigenvalue weighted by Gasteiger charge is -2.22. The molecule has 0 saturated heterocycles. The Labute approximate surface area is 152 Å². The molecule has 0 bridgehead atoms. The molecule has 0 saturated carbocycles. The number of carbonyl (C=O) groups is 3. The second-order valence-electron chi connectivity index (χ2n) is 5.68. The topological polar surface area (TPSA) is 88.6 Å². The fourth-order valence-electron chi connectivity index (χ4n) is 2.41. The van der Waals surface area contributed by atoms with Gasteiger partial charge >= 0.3 is 5.97 Å². The van der Waals surface area contributed by atoms with Crippen LogP contribution in [0.25, 0.3) is 0 Å². The number of carbonyl (C=O) groups excluding carboxylic acids is 3. The van der Waals surface area contributed by atoms with Crippen molar-refractivity contribution in [3.63, 3.8) is 0 Å². The number of ether oxygens (including phenoxy) is 1. The lowest BCUT2D eigenvalue weighted by atomic mass is 10.1. The van der Waals surface area contributed by atoms with Crippen molar-refractivity contribution in [3.8, 4) is 0 Å². The summed E-state index contributed by atoms with van der Waals surface area (Å²) in [5, 5.41) is 2.65. The van der Waals surface area contributed by atoms with Gasteiger partial charge in [0.25, 0.3) is 5.91 Å². The maximum atomic E-state index is 12.9. The molecule has 1 heterocycles. The number of hydrogen-bond donors (Lipinski definition) is 1. The highest BCUT2D eigenvalue weighted by atomic mass is 16.5. The van der Waals surface area contributed by atoms with Gasteiger partial charge in [-0.3, -0.25) is 19.4 Å². The summed E-state index contributed by atoms with van der Waals surface area (Å²) in [6, 6.07) is 10.3. The first-order valence-electron chi connectivity index (χ1n) is 8.12. The Bertz CT molecular complexity index is 777. The van der Waals surface area contributed by atoms with E-state index < -0.39 is 0 Å². The first-order valence-corrected chi connectivity index (χ1v) is 8.12. The summed E-state index contributed by atoms with van der Waals surface area (Å²) in [4.78, 5) is 41.2. The van der Waals surface area contributed by atoms with Gasteiger partial charge in [-0.15, -0.1) is 0 Å². The summed E-state index contributed by atoms with van der Waals surface area (Å²) < 4.78 is 4.66. The molecule has 0 fully saturated rings. The highest BCUT2D eigenvalue weighted by Gasteiger charge is 2.18. The van der Waals surface area contributed by atoms with Crippen molar-refractivity contribution >= 4 is 23.5 Å². The van der Waals surface area contributed by atoms with Gasteiger partial charge in [-0.05, 0) is 29.8 Å². The van der Waals surface area contributed by atoms with Crippen molar-refractivity contribution in [2.45, 2.75) is 19.9 Å². The summed E-state index contributed by atoms with van der Waals surface area (Å²) in [5.74, 6) is -0.849. The SMILES string of the molecule is COC(=O)CCN(Cc1cccnc1)C(=O)c1cccc(NC(C)=O)c1. The lowest BCUT2D eigenvalue weighted by molar-refractivity contribution is -0.140. The second kappa shape index (κ2) is 9.31. The van der Waals surface area contributed by atoms with E-state index in [1.54, 1.807) is 47.6 Å². The Kier molecular flexibility index (Phi) is 6.84. The van der Waals surface area contributed by atoms with Gasteiger partial charge in [-0.2, -0.15) is 0 Å². The molecule has 0 aliphatic carbocycles. The third-order valence-corrected chi connectivity index (χ3v) is 3.63. The van der Waals surface area contributed by atoms with Crippen LogP contribution >= 0.6 is 0 Å². The Morgan fingerprint density at radius 3 is 2.65 bits per heavy atom. The zero-order chi connectivity index (χ0) is 18.9. The van der Waals surface area contributed by atoms with Gasteiger partial charge in [0.15, 0.2) is 0 Å². The normalized spacial score (nSPS) is 10.1. The summed E-state index contributed by atoms with van der Waals surface area (Å²) in [6.45, 7) is 1.93. The van der Waals surface area contributed by atoms with Gasteiger partial charge in [0.2, 0.25) is 5.91 Å². The highest BCUT2D eigenvalue weighted by molar-refractivity contribution is 5.97. The van der Waals surface area contributed by atoms with Gasteiger partial charge in [-0.25, -0.2) is 0 Å². The zero-order valence-corrected chi connectivity index (χ0v) is 14.8. The molecule has 2 rings (SSSR count). The third kappa shape index (κ3) is 5.70. The Balaban J connectivity index is 2.21. The van der Waals surface area contributed by atoms with E-state index in [0.717, 1.165) is 5.56 Å². The predicted octanol–water partition coefficient (Wildman–Crippen LogP) is 2.25. The van der Waals surface area contributed by atoms with Crippen LogP contribution in [0.2, 0.25) is 0 Å². The first kappa shape index (κ1) is 19.1. The molecule has 7 heteroatoms. The number of rotatable bonds is 7. The second-order valence-corrected chi connectivity index (χ2v) is 5.68. The molecule has 0 aliphatic rings. The van der Waals surface area contributed by atoms with Gasteiger partial charge in [0.05, 0.1) is 13.5 Å². The van der Waals surface area contributed by atoms with Crippen LogP contribution in [0.1, 0.15) is 29.3 Å². The van der Waals surface area contributed by atoms with E-state index in [9.17, 15) is 14.4 Å². The minimum atomic E-state index is -0.388. The zero-order valence-electron chi connectivity index (χ0n) is 14.8. The molecular formula is C19H21N3O4. The van der Waals surface area contributed by atoms with Crippen LogP contribution in [0.3, 0.4) is 0 Å². The minimum absolute atomic E-state index is 0.0912. The van der Waals surface area contributed by atoms with Crippen molar-refractivity contribution in [1.82, 2.24) is 9.88 Å². The van der Waals surface area contributed by atoms with Gasteiger partial charge in [0, 0.05) is 43.7 Å². The van der Waals surface area contributed by atoms with Crippen LogP contribution < -0.4 is 5.32 Å². The number of aromatic nitrogens is 1. The van der Waals surface area contributed by atoms with Crippen LogP contribution in [-0.2, 0) is 20.9 Å². The number of anilines is 1. The van der Waals surface area contributed by atoms with E-state index in [4.69, 9.17) is 0 Å². The van der Waals surface area contributed by atoms with Crippen LogP contribution in [0.4, 0.5) is 5.69 Å². The van der Waals surface area contributed by atoms with Crippen molar-refractivity contribution < 1.29 is 19.1 Å². The molecule has 0 spiro atoms. The summed E-state index contributed by atoms with van der Waals surface area (Å²) in [5.41, 5.74) is 1.81. The van der Waals surface area contributed by atoms with Crippen LogP contribution in [-0.4, -0.2) is 41.3 Å². The van der Waals surface area contributed by atoms with Crippen LogP contribution in [0.15, 0.2) is 48.8 Å². The average Bonchev–Trinajstić information content (AvgIpc) is 2.64. The van der Waals surface area contributed by atoms with E-state index >= 15 is 0 Å². The molecule has 26 heavy (non-hydrogen) atoms. The Morgan fingerprint density at radius 1 is 1.19 bits per heavy atom. The van der Waals surface area contributed by atoms with Gasteiger partial charge in [-0.1, -0.05) is 12.1 Å². The molecular weight excluding hydrogens is 334 g/mol. The quantitative estimate of drug-likeness (QED) is 0.770. The fraction of sp³-hybridized carbons (Fsp3) is 0.263. The molecule has 1 aromatic carbocycles. The molecule has 2 amide bonds. The number of nitrogens with one attached hydrogen (secondary N) is 1. The smallest absolute Gasteiger partial charge is 0.307 e. The Hall–Kier alpha value is -3.22. The van der Waals surface area contributed by atoms with Crippen molar-refractivity contribution in [2.24, 2.45) is 0 Å². The maximum Gasteiger partial charge on any atom is 0.307 e. The number of benzene rings is 1. The highest BCUT2D eigenvalue weighted by Crippen LogP contribution is 2.15. The van der Waals surface area contributed by atoms with E-state index in [1.165, 1.54) is 14.0 Å². The fourth-order valence-corrected chi connectivity index (χ4v) is 2.41. The largest absolute Gasteiger partial charge is 0.469 e.